The largest absolute Gasteiger partial charge is 0.383 e. The highest BCUT2D eigenvalue weighted by molar-refractivity contribution is 7.90. The van der Waals surface area contributed by atoms with E-state index in [2.05, 4.69) is 14.8 Å². The van der Waals surface area contributed by atoms with E-state index < -0.39 is 10.2 Å². The van der Waals surface area contributed by atoms with Crippen LogP contribution >= 0.6 is 0 Å². The molecule has 108 valence electrons. The van der Waals surface area contributed by atoms with Crippen LogP contribution in [0, 0.1) is 0 Å². The first-order valence-electron chi connectivity index (χ1n) is 6.14. The number of rotatable bonds is 9. The summed E-state index contributed by atoms with van der Waals surface area (Å²) in [6.07, 6.45) is 0. The van der Waals surface area contributed by atoms with E-state index in [1.165, 1.54) is 7.11 Å². The molecule has 3 N–H and O–H groups in total. The van der Waals surface area contributed by atoms with Crippen molar-refractivity contribution in [3.63, 3.8) is 0 Å². The van der Waals surface area contributed by atoms with Crippen molar-refractivity contribution in [2.75, 3.05) is 31.5 Å². The molecule has 0 saturated carbocycles. The smallest absolute Gasteiger partial charge is 0.299 e. The van der Waals surface area contributed by atoms with E-state index in [9.17, 15) is 8.42 Å². The highest BCUT2D eigenvalue weighted by Gasteiger charge is 2.11. The summed E-state index contributed by atoms with van der Waals surface area (Å²) in [4.78, 5) is 0. The van der Waals surface area contributed by atoms with E-state index in [4.69, 9.17) is 4.74 Å². The molecule has 0 amide bonds. The van der Waals surface area contributed by atoms with Crippen molar-refractivity contribution in [2.24, 2.45) is 0 Å². The fourth-order valence-corrected chi connectivity index (χ4v) is 2.41. The fraction of sp³-hybridized carbons (Fsp3) is 0.500. The summed E-state index contributed by atoms with van der Waals surface area (Å²) in [6, 6.07) is 7.29. The summed E-state index contributed by atoms with van der Waals surface area (Å²) in [6.45, 7) is 4.01. The number of hydrogen-bond donors (Lipinski definition) is 3. The van der Waals surface area contributed by atoms with E-state index in [1.54, 1.807) is 12.1 Å². The first-order chi connectivity index (χ1) is 9.09. The number of benzene rings is 1. The van der Waals surface area contributed by atoms with Crippen molar-refractivity contribution in [1.82, 2.24) is 10.0 Å². The zero-order valence-electron chi connectivity index (χ0n) is 11.3. The summed E-state index contributed by atoms with van der Waals surface area (Å²) in [5.74, 6) is 0. The van der Waals surface area contributed by atoms with Crippen LogP contribution in [0.4, 0.5) is 5.69 Å². The molecular weight excluding hydrogens is 266 g/mol. The predicted octanol–water partition coefficient (Wildman–Crippen LogP) is 0.689. The van der Waals surface area contributed by atoms with E-state index >= 15 is 0 Å². The lowest BCUT2D eigenvalue weighted by atomic mass is 10.2. The van der Waals surface area contributed by atoms with Gasteiger partial charge in [0, 0.05) is 20.2 Å². The maximum atomic E-state index is 11.8. The Hall–Kier alpha value is -1.15. The Bertz CT molecular complexity index is 477. The molecule has 7 heteroatoms. The monoisotopic (exact) mass is 287 g/mol. The molecule has 0 aliphatic heterocycles. The number of para-hydroxylation sites is 1. The van der Waals surface area contributed by atoms with Crippen LogP contribution in [0.15, 0.2) is 24.3 Å². The minimum absolute atomic E-state index is 0.237. The Morgan fingerprint density at radius 3 is 2.68 bits per heavy atom. The maximum Gasteiger partial charge on any atom is 0.299 e. The molecule has 0 atom stereocenters. The summed E-state index contributed by atoms with van der Waals surface area (Å²) >= 11 is 0. The van der Waals surface area contributed by atoms with Crippen molar-refractivity contribution in [1.29, 1.82) is 0 Å². The number of hydrogen-bond acceptors (Lipinski definition) is 4. The van der Waals surface area contributed by atoms with Crippen LogP contribution in [0.3, 0.4) is 0 Å². The van der Waals surface area contributed by atoms with Crippen molar-refractivity contribution in [3.05, 3.63) is 29.8 Å². The van der Waals surface area contributed by atoms with E-state index in [-0.39, 0.29) is 6.54 Å². The van der Waals surface area contributed by atoms with Gasteiger partial charge in [-0.3, -0.25) is 4.72 Å². The molecule has 1 aromatic rings. The van der Waals surface area contributed by atoms with Crippen molar-refractivity contribution >= 4 is 15.9 Å². The summed E-state index contributed by atoms with van der Waals surface area (Å²) < 4.78 is 33.3. The molecule has 0 aromatic heterocycles. The van der Waals surface area contributed by atoms with Crippen LogP contribution in [-0.2, 0) is 21.5 Å². The number of nitrogens with one attached hydrogen (secondary N) is 3. The average Bonchev–Trinajstić information content (AvgIpc) is 2.37. The van der Waals surface area contributed by atoms with Gasteiger partial charge in [-0.1, -0.05) is 25.1 Å². The molecule has 0 unspecified atom stereocenters. The molecule has 0 radical (unpaired) electrons. The lowest BCUT2D eigenvalue weighted by molar-refractivity contribution is 0.204. The number of anilines is 1. The molecule has 1 aromatic carbocycles. The zero-order chi connectivity index (χ0) is 14.1. The molecule has 0 aliphatic carbocycles. The molecule has 0 fully saturated rings. The van der Waals surface area contributed by atoms with Gasteiger partial charge in [-0.2, -0.15) is 13.1 Å². The Morgan fingerprint density at radius 2 is 2.00 bits per heavy atom. The quantitative estimate of drug-likeness (QED) is 0.584. The summed E-state index contributed by atoms with van der Waals surface area (Å²) in [5.41, 5.74) is 1.48. The third-order valence-corrected chi connectivity index (χ3v) is 3.50. The van der Waals surface area contributed by atoms with Crippen molar-refractivity contribution < 1.29 is 13.2 Å². The van der Waals surface area contributed by atoms with Gasteiger partial charge in [-0.05, 0) is 18.2 Å². The molecule has 0 spiro atoms. The van der Waals surface area contributed by atoms with Gasteiger partial charge >= 0.3 is 0 Å². The standard InChI is InChI=1S/C12H21N3O3S/c1-3-13-10-11-6-4-5-7-12(11)15-19(16,17)14-8-9-18-2/h4-7,13-15H,3,8-10H2,1-2H3. The molecule has 19 heavy (non-hydrogen) atoms. The third-order valence-electron chi connectivity index (χ3n) is 2.43. The second kappa shape index (κ2) is 8.11. The van der Waals surface area contributed by atoms with Crippen LogP contribution in [0.1, 0.15) is 12.5 Å². The first-order valence-corrected chi connectivity index (χ1v) is 7.62. The third kappa shape index (κ3) is 6.02. The topological polar surface area (TPSA) is 79.5 Å². The van der Waals surface area contributed by atoms with Gasteiger partial charge in [-0.25, -0.2) is 0 Å². The van der Waals surface area contributed by atoms with Crippen LogP contribution < -0.4 is 14.8 Å². The lowest BCUT2D eigenvalue weighted by Crippen LogP contribution is -2.33. The molecule has 0 saturated heterocycles. The number of methoxy groups -OCH3 is 1. The number of ether oxygens (including phenoxy) is 1. The summed E-state index contributed by atoms with van der Waals surface area (Å²) in [5, 5.41) is 3.17. The average molecular weight is 287 g/mol. The normalized spacial score (nSPS) is 11.5. The SMILES string of the molecule is CCNCc1ccccc1NS(=O)(=O)NCCOC. The Balaban J connectivity index is 2.69. The fourth-order valence-electron chi connectivity index (χ4n) is 1.49. The highest BCUT2D eigenvalue weighted by Crippen LogP contribution is 2.15. The van der Waals surface area contributed by atoms with Crippen LogP contribution in [0.2, 0.25) is 0 Å². The van der Waals surface area contributed by atoms with Crippen LogP contribution in [0.25, 0.3) is 0 Å². The zero-order valence-corrected chi connectivity index (χ0v) is 12.1. The van der Waals surface area contributed by atoms with E-state index in [0.717, 1.165) is 12.1 Å². The molecule has 1 rings (SSSR count). The highest BCUT2D eigenvalue weighted by atomic mass is 32.2. The van der Waals surface area contributed by atoms with Gasteiger partial charge in [0.25, 0.3) is 10.2 Å². The Kier molecular flexibility index (Phi) is 6.79. The van der Waals surface area contributed by atoms with Gasteiger partial charge in [0.05, 0.1) is 12.3 Å². The van der Waals surface area contributed by atoms with E-state index in [1.807, 2.05) is 19.1 Å². The summed E-state index contributed by atoms with van der Waals surface area (Å²) in [7, 11) is -2.04. The molecule has 0 heterocycles. The van der Waals surface area contributed by atoms with Gasteiger partial charge in [0.15, 0.2) is 0 Å². The van der Waals surface area contributed by atoms with Crippen LogP contribution in [-0.4, -0.2) is 35.2 Å². The van der Waals surface area contributed by atoms with Gasteiger partial charge in [-0.15, -0.1) is 0 Å². The maximum absolute atomic E-state index is 11.8. The molecule has 0 aliphatic rings. The second-order valence-corrected chi connectivity index (χ2v) is 5.43. The minimum Gasteiger partial charge on any atom is -0.383 e. The predicted molar refractivity (Wildman–Crippen MR) is 76.2 cm³/mol. The van der Waals surface area contributed by atoms with Crippen molar-refractivity contribution in [2.45, 2.75) is 13.5 Å². The Labute approximate surface area is 114 Å². The lowest BCUT2D eigenvalue weighted by Gasteiger charge is -2.13. The molecule has 0 bridgehead atoms. The molecule has 6 nitrogen and oxygen atoms in total. The van der Waals surface area contributed by atoms with Gasteiger partial charge in [0.2, 0.25) is 0 Å². The van der Waals surface area contributed by atoms with Crippen LogP contribution in [0.5, 0.6) is 0 Å². The van der Waals surface area contributed by atoms with Crippen molar-refractivity contribution in [3.8, 4) is 0 Å². The van der Waals surface area contributed by atoms with E-state index in [0.29, 0.717) is 18.8 Å². The van der Waals surface area contributed by atoms with Gasteiger partial charge < -0.3 is 10.1 Å². The first kappa shape index (κ1) is 15.9. The minimum atomic E-state index is -3.56. The van der Waals surface area contributed by atoms with Gasteiger partial charge in [0.1, 0.15) is 0 Å². The molecular formula is C12H21N3O3S. The Morgan fingerprint density at radius 1 is 1.26 bits per heavy atom. The second-order valence-electron chi connectivity index (χ2n) is 3.93.